The van der Waals surface area contributed by atoms with Crippen molar-refractivity contribution < 1.29 is 4.74 Å². The molecule has 2 aliphatic heterocycles. The number of guanidine groups is 1. The number of nitrogens with one attached hydrogen (secondary N) is 1. The summed E-state index contributed by atoms with van der Waals surface area (Å²) in [5.74, 6) is 1.96. The van der Waals surface area contributed by atoms with Crippen molar-refractivity contribution in [1.29, 1.82) is 0 Å². The lowest BCUT2D eigenvalue weighted by Gasteiger charge is -2.26. The van der Waals surface area contributed by atoms with Gasteiger partial charge in [-0.05, 0) is 38.5 Å². The number of ether oxygens (including phenoxy) is 1. The molecule has 1 saturated carbocycles. The normalized spacial score (nSPS) is 31.3. The fourth-order valence-electron chi connectivity index (χ4n) is 4.10. The summed E-state index contributed by atoms with van der Waals surface area (Å²) < 4.78 is 5.64. The number of hydrogen-bond donors (Lipinski definition) is 1. The highest BCUT2D eigenvalue weighted by atomic mass is 16.5. The predicted molar refractivity (Wildman–Crippen MR) is 86.6 cm³/mol. The molecule has 120 valence electrons. The van der Waals surface area contributed by atoms with Crippen LogP contribution in [-0.4, -0.2) is 50.3 Å². The number of aliphatic imine (C=N–C) groups is 1. The summed E-state index contributed by atoms with van der Waals surface area (Å²) in [6, 6.07) is 0. The summed E-state index contributed by atoms with van der Waals surface area (Å²) in [4.78, 5) is 7.44. The van der Waals surface area contributed by atoms with Gasteiger partial charge in [0.15, 0.2) is 5.96 Å². The van der Waals surface area contributed by atoms with E-state index in [0.29, 0.717) is 5.41 Å². The molecule has 0 aromatic rings. The number of nitrogens with zero attached hydrogens (tertiary/aromatic N) is 2. The van der Waals surface area contributed by atoms with Gasteiger partial charge < -0.3 is 15.0 Å². The second-order valence-corrected chi connectivity index (χ2v) is 7.17. The van der Waals surface area contributed by atoms with E-state index in [2.05, 4.69) is 17.1 Å². The van der Waals surface area contributed by atoms with E-state index in [1.165, 1.54) is 44.9 Å². The van der Waals surface area contributed by atoms with E-state index in [-0.39, 0.29) is 0 Å². The van der Waals surface area contributed by atoms with Crippen LogP contribution in [0, 0.1) is 11.3 Å². The first-order valence-electron chi connectivity index (χ1n) is 8.92. The molecule has 4 heteroatoms. The molecule has 1 aliphatic carbocycles. The van der Waals surface area contributed by atoms with Crippen molar-refractivity contribution >= 4 is 5.96 Å². The molecular formula is C17H31N3O. The minimum Gasteiger partial charge on any atom is -0.381 e. The Morgan fingerprint density at radius 1 is 1.29 bits per heavy atom. The summed E-state index contributed by atoms with van der Waals surface area (Å²) in [7, 11) is 0. The lowest BCUT2D eigenvalue weighted by molar-refractivity contribution is 0.156. The fourth-order valence-corrected chi connectivity index (χ4v) is 4.10. The van der Waals surface area contributed by atoms with E-state index in [4.69, 9.17) is 9.73 Å². The van der Waals surface area contributed by atoms with Crippen LogP contribution in [0.3, 0.4) is 0 Å². The van der Waals surface area contributed by atoms with E-state index in [0.717, 1.165) is 51.3 Å². The van der Waals surface area contributed by atoms with Crippen LogP contribution in [0.2, 0.25) is 0 Å². The Morgan fingerprint density at radius 2 is 2.14 bits per heavy atom. The Labute approximate surface area is 129 Å². The highest BCUT2D eigenvalue weighted by Crippen LogP contribution is 2.38. The first kappa shape index (κ1) is 15.1. The van der Waals surface area contributed by atoms with Crippen molar-refractivity contribution in [3.05, 3.63) is 0 Å². The molecule has 1 unspecified atom stereocenters. The fraction of sp³-hybridized carbons (Fsp3) is 0.941. The standard InChI is InChI=1S/C17H31N3O/c1-2-18-16(19-12-15-6-4-3-5-7-15)20-10-8-17(13-20)9-11-21-14-17/h15H,2-14H2,1H3,(H,18,19). The molecule has 1 N–H and O–H groups in total. The molecule has 3 fully saturated rings. The van der Waals surface area contributed by atoms with E-state index in [9.17, 15) is 0 Å². The summed E-state index contributed by atoms with van der Waals surface area (Å²) in [5.41, 5.74) is 0.418. The van der Waals surface area contributed by atoms with Gasteiger partial charge in [0.1, 0.15) is 0 Å². The molecule has 4 nitrogen and oxygen atoms in total. The van der Waals surface area contributed by atoms with Gasteiger partial charge in [-0.15, -0.1) is 0 Å². The average molecular weight is 293 g/mol. The van der Waals surface area contributed by atoms with E-state index in [1.807, 2.05) is 0 Å². The molecule has 0 amide bonds. The quantitative estimate of drug-likeness (QED) is 0.642. The molecule has 2 heterocycles. The number of hydrogen-bond acceptors (Lipinski definition) is 2. The Kier molecular flexibility index (Phi) is 5.04. The van der Waals surface area contributed by atoms with Crippen LogP contribution < -0.4 is 5.32 Å². The molecule has 3 aliphatic rings. The zero-order valence-corrected chi connectivity index (χ0v) is 13.6. The zero-order valence-electron chi connectivity index (χ0n) is 13.6. The molecule has 0 bridgehead atoms. The minimum atomic E-state index is 0.418. The van der Waals surface area contributed by atoms with Gasteiger partial charge in [0.05, 0.1) is 6.61 Å². The second kappa shape index (κ2) is 6.99. The molecule has 3 rings (SSSR count). The van der Waals surface area contributed by atoms with Gasteiger partial charge in [-0.1, -0.05) is 19.3 Å². The summed E-state index contributed by atoms with van der Waals surface area (Å²) in [6.07, 6.45) is 9.48. The Balaban J connectivity index is 1.58. The first-order chi connectivity index (χ1) is 10.3. The van der Waals surface area contributed by atoms with Gasteiger partial charge in [0.2, 0.25) is 0 Å². The summed E-state index contributed by atoms with van der Waals surface area (Å²) in [6.45, 7) is 8.31. The Bertz CT molecular complexity index is 357. The average Bonchev–Trinajstić information content (AvgIpc) is 3.15. The van der Waals surface area contributed by atoms with Gasteiger partial charge in [-0.2, -0.15) is 0 Å². The molecule has 21 heavy (non-hydrogen) atoms. The zero-order chi connectivity index (χ0) is 14.5. The van der Waals surface area contributed by atoms with Gasteiger partial charge in [-0.3, -0.25) is 4.99 Å². The summed E-state index contributed by atoms with van der Waals surface area (Å²) >= 11 is 0. The SMILES string of the molecule is CCNC(=NCC1CCCCC1)N1CCC2(CCOC2)C1. The number of likely N-dealkylation sites (tertiary alicyclic amines) is 1. The molecule has 1 spiro atoms. The first-order valence-corrected chi connectivity index (χ1v) is 8.92. The predicted octanol–water partition coefficient (Wildman–Crippen LogP) is 2.64. The lowest BCUT2D eigenvalue weighted by Crippen LogP contribution is -2.41. The highest BCUT2D eigenvalue weighted by molar-refractivity contribution is 5.80. The van der Waals surface area contributed by atoms with Crippen molar-refractivity contribution in [3.8, 4) is 0 Å². The Hall–Kier alpha value is -0.770. The third-order valence-electron chi connectivity index (χ3n) is 5.48. The smallest absolute Gasteiger partial charge is 0.193 e. The third-order valence-corrected chi connectivity index (χ3v) is 5.48. The van der Waals surface area contributed by atoms with Crippen LogP contribution in [0.25, 0.3) is 0 Å². The largest absolute Gasteiger partial charge is 0.381 e. The molecule has 2 saturated heterocycles. The van der Waals surface area contributed by atoms with Gasteiger partial charge in [0.25, 0.3) is 0 Å². The number of rotatable bonds is 3. The second-order valence-electron chi connectivity index (χ2n) is 7.17. The topological polar surface area (TPSA) is 36.9 Å². The maximum Gasteiger partial charge on any atom is 0.193 e. The molecule has 0 radical (unpaired) electrons. The molecule has 1 atom stereocenters. The summed E-state index contributed by atoms with van der Waals surface area (Å²) in [5, 5.41) is 3.51. The van der Waals surface area contributed by atoms with Crippen molar-refractivity contribution in [2.45, 2.75) is 51.9 Å². The van der Waals surface area contributed by atoms with E-state index < -0.39 is 0 Å². The molecule has 0 aromatic heterocycles. The van der Waals surface area contributed by atoms with Gasteiger partial charge >= 0.3 is 0 Å². The van der Waals surface area contributed by atoms with Gasteiger partial charge in [0, 0.05) is 38.2 Å². The van der Waals surface area contributed by atoms with Crippen LogP contribution in [0.15, 0.2) is 4.99 Å². The van der Waals surface area contributed by atoms with E-state index >= 15 is 0 Å². The van der Waals surface area contributed by atoms with Gasteiger partial charge in [-0.25, -0.2) is 0 Å². The molecular weight excluding hydrogens is 262 g/mol. The third kappa shape index (κ3) is 3.71. The lowest BCUT2D eigenvalue weighted by atomic mass is 9.87. The maximum absolute atomic E-state index is 5.64. The van der Waals surface area contributed by atoms with Crippen LogP contribution in [0.4, 0.5) is 0 Å². The van der Waals surface area contributed by atoms with Crippen molar-refractivity contribution in [3.63, 3.8) is 0 Å². The highest BCUT2D eigenvalue weighted by Gasteiger charge is 2.42. The van der Waals surface area contributed by atoms with Crippen LogP contribution in [0.1, 0.15) is 51.9 Å². The van der Waals surface area contributed by atoms with Crippen LogP contribution in [0.5, 0.6) is 0 Å². The van der Waals surface area contributed by atoms with Crippen molar-refractivity contribution in [1.82, 2.24) is 10.2 Å². The van der Waals surface area contributed by atoms with Crippen LogP contribution >= 0.6 is 0 Å². The van der Waals surface area contributed by atoms with Crippen LogP contribution in [-0.2, 0) is 4.74 Å². The monoisotopic (exact) mass is 293 g/mol. The molecule has 0 aromatic carbocycles. The maximum atomic E-state index is 5.64. The van der Waals surface area contributed by atoms with Crippen molar-refractivity contribution in [2.75, 3.05) is 39.4 Å². The van der Waals surface area contributed by atoms with Crippen molar-refractivity contribution in [2.24, 2.45) is 16.3 Å². The Morgan fingerprint density at radius 3 is 2.86 bits per heavy atom. The van der Waals surface area contributed by atoms with E-state index in [1.54, 1.807) is 0 Å². The minimum absolute atomic E-state index is 0.418.